The van der Waals surface area contributed by atoms with E-state index in [4.69, 9.17) is 25.4 Å². The summed E-state index contributed by atoms with van der Waals surface area (Å²) in [7, 11) is 1.00. The Balaban J connectivity index is -0.00000213. The van der Waals surface area contributed by atoms with Crippen molar-refractivity contribution in [1.29, 1.82) is 0 Å². The molecule has 0 aromatic rings. The maximum absolute atomic E-state index is 12.3. The Kier molecular flexibility index (Phi) is 50.2. The Hall–Kier alpha value is -2.00. The van der Waals surface area contributed by atoms with Crippen LogP contribution in [0.5, 0.6) is 0 Å². The van der Waals surface area contributed by atoms with E-state index in [9.17, 15) is 19.2 Å². The number of carbonyl (C=O) groups excluding carboxylic acids is 3. The predicted molar refractivity (Wildman–Crippen MR) is 229 cm³/mol. The molecule has 0 heterocycles. The molecular formula is C46H91NO8. The van der Waals surface area contributed by atoms with E-state index in [1.54, 1.807) is 0 Å². The summed E-state index contributed by atoms with van der Waals surface area (Å²) in [5.74, 6) is -1.64. The fourth-order valence-electron chi connectivity index (χ4n) is 6.42. The molecule has 2 atom stereocenters. The van der Waals surface area contributed by atoms with Crippen molar-refractivity contribution >= 4 is 23.7 Å². The normalized spacial score (nSPS) is 11.8. The standard InChI is InChI=1S/C40H78O4.C5H9NO3.CH4O/c1-4-7-9-11-13-15-17-19-21-23-25-27-29-31-33-35-39(41)43-37-38(6-3)44-40(42)36-34-32-30-28-26-24-22-20-18-16-14-12-10-8-5-2;1-3(7)2-4(6)5(8)9;1-2/h38H,4-37H2,1-3H3;4H,2,6H2,1H3,(H,8,9);2H,1H3. The van der Waals surface area contributed by atoms with Crippen molar-refractivity contribution in [1.82, 2.24) is 0 Å². The Morgan fingerprint density at radius 1 is 0.491 bits per heavy atom. The number of ketones is 1. The Morgan fingerprint density at radius 2 is 0.782 bits per heavy atom. The lowest BCUT2D eigenvalue weighted by molar-refractivity contribution is -0.159. The van der Waals surface area contributed by atoms with Gasteiger partial charge in [0.25, 0.3) is 0 Å². The smallest absolute Gasteiger partial charge is 0.320 e. The second-order valence-corrected chi connectivity index (χ2v) is 15.5. The number of unbranched alkanes of at least 4 members (excludes halogenated alkanes) is 28. The Bertz CT molecular complexity index is 837. The summed E-state index contributed by atoms with van der Waals surface area (Å²) in [6.07, 6.45) is 40.7. The van der Waals surface area contributed by atoms with Crippen molar-refractivity contribution in [3.63, 3.8) is 0 Å². The van der Waals surface area contributed by atoms with Crippen molar-refractivity contribution < 1.29 is 38.9 Å². The van der Waals surface area contributed by atoms with Crippen molar-refractivity contribution in [2.24, 2.45) is 5.73 Å². The molecule has 0 aromatic heterocycles. The first-order valence-corrected chi connectivity index (χ1v) is 22.9. The lowest BCUT2D eigenvalue weighted by Crippen LogP contribution is -2.31. The SMILES string of the molecule is CC(=O)CC(N)C(=O)O.CCCCCCCCCCCCCCCCCC(=O)OCC(CC)OC(=O)CCCCCCCCCCCCCCCCC.CO. The van der Waals surface area contributed by atoms with Crippen LogP contribution in [0.2, 0.25) is 0 Å². The van der Waals surface area contributed by atoms with Crippen molar-refractivity contribution in [3.8, 4) is 0 Å². The monoisotopic (exact) mass is 786 g/mol. The highest BCUT2D eigenvalue weighted by Crippen LogP contribution is 2.16. The zero-order valence-electron chi connectivity index (χ0n) is 36.8. The zero-order valence-corrected chi connectivity index (χ0v) is 36.8. The molecule has 2 unspecified atom stereocenters. The van der Waals surface area contributed by atoms with Crippen LogP contribution in [0.4, 0.5) is 0 Å². The molecule has 0 saturated carbocycles. The highest BCUT2D eigenvalue weighted by molar-refractivity contribution is 5.83. The molecule has 0 rings (SSSR count). The summed E-state index contributed by atoms with van der Waals surface area (Å²) < 4.78 is 11.0. The van der Waals surface area contributed by atoms with Crippen molar-refractivity contribution in [3.05, 3.63) is 0 Å². The lowest BCUT2D eigenvalue weighted by atomic mass is 10.0. The van der Waals surface area contributed by atoms with E-state index in [0.29, 0.717) is 19.3 Å². The van der Waals surface area contributed by atoms with E-state index < -0.39 is 12.0 Å². The molecule has 0 aliphatic heterocycles. The van der Waals surface area contributed by atoms with Crippen LogP contribution in [0.15, 0.2) is 0 Å². The van der Waals surface area contributed by atoms with Crippen LogP contribution in [0.3, 0.4) is 0 Å². The summed E-state index contributed by atoms with van der Waals surface area (Å²) in [5, 5.41) is 15.2. The minimum absolute atomic E-state index is 0.0880. The Morgan fingerprint density at radius 3 is 1.04 bits per heavy atom. The van der Waals surface area contributed by atoms with Crippen LogP contribution >= 0.6 is 0 Å². The predicted octanol–water partition coefficient (Wildman–Crippen LogP) is 12.4. The Labute approximate surface area is 339 Å². The number of hydrogen-bond donors (Lipinski definition) is 3. The summed E-state index contributed by atoms with van der Waals surface area (Å²) in [6.45, 7) is 8.04. The third-order valence-corrected chi connectivity index (χ3v) is 9.98. The summed E-state index contributed by atoms with van der Waals surface area (Å²) in [4.78, 5) is 44.6. The quantitative estimate of drug-likeness (QED) is 0.0408. The maximum Gasteiger partial charge on any atom is 0.320 e. The summed E-state index contributed by atoms with van der Waals surface area (Å²) in [5.41, 5.74) is 5.00. The molecular weight excluding hydrogens is 695 g/mol. The molecule has 0 amide bonds. The fraction of sp³-hybridized carbons (Fsp3) is 0.913. The molecule has 0 aliphatic carbocycles. The minimum atomic E-state index is -1.13. The van der Waals surface area contributed by atoms with Crippen LogP contribution in [0.1, 0.15) is 246 Å². The molecule has 9 nitrogen and oxygen atoms in total. The third kappa shape index (κ3) is 50.0. The molecule has 9 heteroatoms. The number of rotatable bonds is 39. The molecule has 328 valence electrons. The highest BCUT2D eigenvalue weighted by atomic mass is 16.6. The number of esters is 2. The van der Waals surface area contributed by atoms with Gasteiger partial charge in [0, 0.05) is 26.4 Å². The number of ether oxygens (including phenoxy) is 2. The first-order valence-electron chi connectivity index (χ1n) is 22.9. The van der Waals surface area contributed by atoms with Gasteiger partial charge in [-0.3, -0.25) is 19.2 Å². The van der Waals surface area contributed by atoms with Crippen molar-refractivity contribution in [2.45, 2.75) is 258 Å². The molecule has 0 saturated heterocycles. The maximum atomic E-state index is 12.3. The average molecular weight is 786 g/mol. The van der Waals surface area contributed by atoms with Crippen LogP contribution < -0.4 is 5.73 Å². The average Bonchev–Trinajstić information content (AvgIpc) is 3.17. The topological polar surface area (TPSA) is 153 Å². The zero-order chi connectivity index (χ0) is 41.6. The first-order chi connectivity index (χ1) is 26.7. The molecule has 4 N–H and O–H groups in total. The third-order valence-electron chi connectivity index (χ3n) is 9.98. The van der Waals surface area contributed by atoms with E-state index in [1.807, 2.05) is 6.92 Å². The van der Waals surface area contributed by atoms with Gasteiger partial charge in [0.15, 0.2) is 0 Å². The number of Topliss-reactive ketones (excluding diaryl/α,β-unsaturated/α-hetero) is 1. The molecule has 0 fully saturated rings. The first kappa shape index (κ1) is 57.3. The van der Waals surface area contributed by atoms with Gasteiger partial charge in [0.2, 0.25) is 0 Å². The number of nitrogens with two attached hydrogens (primary N) is 1. The van der Waals surface area contributed by atoms with Crippen LogP contribution in [-0.2, 0) is 28.7 Å². The number of aliphatic carboxylic acids is 1. The van der Waals surface area contributed by atoms with Gasteiger partial charge in [-0.2, -0.15) is 0 Å². The number of carboxylic acids is 1. The second-order valence-electron chi connectivity index (χ2n) is 15.5. The second kappa shape index (κ2) is 48.1. The van der Waals surface area contributed by atoms with E-state index >= 15 is 0 Å². The van der Waals surface area contributed by atoms with Gasteiger partial charge >= 0.3 is 17.9 Å². The highest BCUT2D eigenvalue weighted by Gasteiger charge is 2.15. The minimum Gasteiger partial charge on any atom is -0.480 e. The van der Waals surface area contributed by atoms with E-state index in [-0.39, 0.29) is 36.9 Å². The molecule has 0 bridgehead atoms. The molecule has 55 heavy (non-hydrogen) atoms. The van der Waals surface area contributed by atoms with E-state index in [0.717, 1.165) is 32.8 Å². The summed E-state index contributed by atoms with van der Waals surface area (Å²) >= 11 is 0. The van der Waals surface area contributed by atoms with Crippen molar-refractivity contribution in [2.75, 3.05) is 13.7 Å². The van der Waals surface area contributed by atoms with Gasteiger partial charge < -0.3 is 25.4 Å². The van der Waals surface area contributed by atoms with Gasteiger partial charge in [0.1, 0.15) is 24.5 Å². The number of aliphatic hydroxyl groups excluding tert-OH is 1. The van der Waals surface area contributed by atoms with Gasteiger partial charge in [-0.1, -0.05) is 201 Å². The molecule has 0 radical (unpaired) electrons. The summed E-state index contributed by atoms with van der Waals surface area (Å²) in [6, 6.07) is -1.04. The fourth-order valence-corrected chi connectivity index (χ4v) is 6.42. The number of aliphatic hydroxyl groups is 1. The number of carboxylic acid groups (broad SMARTS) is 1. The van der Waals surface area contributed by atoms with Gasteiger partial charge in [-0.15, -0.1) is 0 Å². The lowest BCUT2D eigenvalue weighted by Gasteiger charge is -2.16. The number of hydrogen-bond acceptors (Lipinski definition) is 8. The van der Waals surface area contributed by atoms with Crippen LogP contribution in [0, 0.1) is 0 Å². The number of carbonyl (C=O) groups is 4. The van der Waals surface area contributed by atoms with Gasteiger partial charge in [-0.05, 0) is 26.2 Å². The van der Waals surface area contributed by atoms with Gasteiger partial charge in [0.05, 0.1) is 0 Å². The van der Waals surface area contributed by atoms with E-state index in [2.05, 4.69) is 13.8 Å². The van der Waals surface area contributed by atoms with Gasteiger partial charge in [-0.25, -0.2) is 0 Å². The molecule has 0 spiro atoms. The molecule has 0 aromatic carbocycles. The van der Waals surface area contributed by atoms with Crippen LogP contribution in [0.25, 0.3) is 0 Å². The largest absolute Gasteiger partial charge is 0.480 e. The van der Waals surface area contributed by atoms with Crippen LogP contribution in [-0.4, -0.2) is 59.8 Å². The molecule has 0 aliphatic rings. The van der Waals surface area contributed by atoms with E-state index in [1.165, 1.54) is 174 Å².